The third-order valence-corrected chi connectivity index (χ3v) is 4.76. The first-order valence-corrected chi connectivity index (χ1v) is 9.67. The van der Waals surface area contributed by atoms with Gasteiger partial charge in [-0.1, -0.05) is 34.4 Å². The predicted octanol–water partition coefficient (Wildman–Crippen LogP) is 3.99. The fourth-order valence-corrected chi connectivity index (χ4v) is 2.96. The van der Waals surface area contributed by atoms with Crippen LogP contribution in [0.2, 0.25) is 0 Å². The van der Waals surface area contributed by atoms with E-state index in [1.807, 2.05) is 6.92 Å². The molecule has 0 aliphatic rings. The highest BCUT2D eigenvalue weighted by molar-refractivity contribution is 7.17. The molecular weight excluding hydrogens is 438 g/mol. The minimum absolute atomic E-state index is 0.0313. The summed E-state index contributed by atoms with van der Waals surface area (Å²) in [6, 6.07) is 6.21. The highest BCUT2D eigenvalue weighted by Crippen LogP contribution is 2.42. The maximum absolute atomic E-state index is 13.8. The lowest BCUT2D eigenvalue weighted by Crippen LogP contribution is -2.31. The van der Waals surface area contributed by atoms with Gasteiger partial charge in [-0.15, -0.1) is 0 Å². The maximum atomic E-state index is 13.8. The molecule has 0 radical (unpaired) electrons. The monoisotopic (exact) mass is 460 g/mol. The van der Waals surface area contributed by atoms with Gasteiger partial charge in [-0.25, -0.2) is 0 Å². The molecular formula is C20H22F5N4OP. The van der Waals surface area contributed by atoms with Crippen LogP contribution in [0.4, 0.5) is 27.6 Å². The summed E-state index contributed by atoms with van der Waals surface area (Å²) in [6.45, 7) is 2.20. The number of carbonyl (C=O) groups excluding carboxylic acids is 1. The molecule has 5 nitrogen and oxygen atoms in total. The first kappa shape index (κ1) is 24.4. The number of alkyl halides is 5. The number of para-hydroxylation sites is 1. The Bertz CT molecular complexity index is 983. The average molecular weight is 460 g/mol. The van der Waals surface area contributed by atoms with Crippen molar-refractivity contribution in [2.24, 2.45) is 11.5 Å². The Morgan fingerprint density at radius 2 is 1.68 bits per heavy atom. The van der Waals surface area contributed by atoms with Crippen molar-refractivity contribution in [1.29, 1.82) is 0 Å². The molecule has 2 rings (SSSR count). The molecule has 0 aliphatic heterocycles. The smallest absolute Gasteiger partial charge is 0.398 e. The number of rotatable bonds is 6. The molecule has 1 amide bonds. The number of halogens is 5. The van der Waals surface area contributed by atoms with Crippen molar-refractivity contribution in [1.82, 2.24) is 5.32 Å². The molecule has 0 fully saturated rings. The summed E-state index contributed by atoms with van der Waals surface area (Å²) in [7, 11) is 1.21. The number of nitrogens with two attached hydrogens (primary N) is 3. The quantitative estimate of drug-likeness (QED) is 0.226. The van der Waals surface area contributed by atoms with Gasteiger partial charge in [0.05, 0.1) is 11.3 Å². The second-order valence-electron chi connectivity index (χ2n) is 6.77. The van der Waals surface area contributed by atoms with Crippen molar-refractivity contribution in [2.75, 3.05) is 12.3 Å². The second kappa shape index (κ2) is 9.09. The fraction of sp³-hybridized carbons (Fsp3) is 0.250. The average Bonchev–Trinajstić information content (AvgIpc) is 2.69. The largest absolute Gasteiger partial charge is 0.416 e. The number of hydrogen-bond acceptors (Lipinski definition) is 4. The van der Waals surface area contributed by atoms with Gasteiger partial charge in [0.25, 0.3) is 11.6 Å². The van der Waals surface area contributed by atoms with Gasteiger partial charge in [0.2, 0.25) is 0 Å². The van der Waals surface area contributed by atoms with Gasteiger partial charge in [-0.2, -0.15) is 22.0 Å². The van der Waals surface area contributed by atoms with Crippen LogP contribution in [0.15, 0.2) is 42.1 Å². The molecule has 168 valence electrons. The van der Waals surface area contributed by atoms with E-state index in [2.05, 4.69) is 5.32 Å². The summed E-state index contributed by atoms with van der Waals surface area (Å²) in [5.74, 6) is -0.631. The third kappa shape index (κ3) is 5.64. The van der Waals surface area contributed by atoms with Crippen molar-refractivity contribution in [3.8, 4) is 11.1 Å². The molecule has 7 N–H and O–H groups in total. The topological polar surface area (TPSA) is 107 Å². The Labute approximate surface area is 178 Å². The van der Waals surface area contributed by atoms with Crippen molar-refractivity contribution in [2.45, 2.75) is 25.2 Å². The van der Waals surface area contributed by atoms with E-state index < -0.39 is 28.9 Å². The van der Waals surface area contributed by atoms with Gasteiger partial charge in [-0.05, 0) is 30.2 Å². The SMILES string of the molecule is CCCNC(=O)/C(N)=C(\N)c1cccc(-c2cc(C(F)(F)F)cc(C(F)(F)P)c2)c1N. The molecule has 1 atom stereocenters. The van der Waals surface area contributed by atoms with Crippen LogP contribution in [0.5, 0.6) is 0 Å². The lowest BCUT2D eigenvalue weighted by Gasteiger charge is -2.18. The van der Waals surface area contributed by atoms with Gasteiger partial charge in [-0.3, -0.25) is 4.79 Å². The molecule has 0 aliphatic carbocycles. The Morgan fingerprint density at radius 3 is 2.23 bits per heavy atom. The number of benzene rings is 2. The summed E-state index contributed by atoms with van der Waals surface area (Å²) in [5, 5.41) is 2.54. The predicted molar refractivity (Wildman–Crippen MR) is 113 cm³/mol. The number of anilines is 1. The number of nitrogens with one attached hydrogen (secondary N) is 1. The molecule has 0 spiro atoms. The highest BCUT2D eigenvalue weighted by atomic mass is 31.0. The first-order valence-electron chi connectivity index (χ1n) is 9.09. The molecule has 11 heteroatoms. The highest BCUT2D eigenvalue weighted by Gasteiger charge is 2.35. The second-order valence-corrected chi connectivity index (χ2v) is 7.49. The molecule has 0 saturated heterocycles. The Hall–Kier alpha value is -2.87. The Morgan fingerprint density at radius 1 is 1.06 bits per heavy atom. The van der Waals surface area contributed by atoms with Gasteiger partial charge in [0.1, 0.15) is 5.70 Å². The van der Waals surface area contributed by atoms with Crippen LogP contribution in [-0.4, -0.2) is 12.5 Å². The van der Waals surface area contributed by atoms with Crippen molar-refractivity contribution < 1.29 is 26.7 Å². The van der Waals surface area contributed by atoms with Gasteiger partial charge < -0.3 is 22.5 Å². The first-order chi connectivity index (χ1) is 14.3. The zero-order valence-corrected chi connectivity index (χ0v) is 17.6. The van der Waals surface area contributed by atoms with E-state index in [4.69, 9.17) is 17.2 Å². The van der Waals surface area contributed by atoms with Crippen molar-refractivity contribution >= 4 is 26.5 Å². The van der Waals surface area contributed by atoms with Crippen LogP contribution in [-0.2, 0) is 16.6 Å². The molecule has 0 aromatic heterocycles. The van der Waals surface area contributed by atoms with E-state index in [0.717, 1.165) is 6.07 Å². The molecule has 1 unspecified atom stereocenters. The van der Waals surface area contributed by atoms with Gasteiger partial charge in [0.15, 0.2) is 0 Å². The van der Waals surface area contributed by atoms with E-state index >= 15 is 0 Å². The lowest BCUT2D eigenvalue weighted by atomic mass is 9.95. The molecule has 31 heavy (non-hydrogen) atoms. The lowest BCUT2D eigenvalue weighted by molar-refractivity contribution is -0.137. The zero-order chi connectivity index (χ0) is 23.6. The van der Waals surface area contributed by atoms with Crippen LogP contribution in [0.3, 0.4) is 0 Å². The molecule has 0 saturated carbocycles. The molecule has 0 heterocycles. The van der Waals surface area contributed by atoms with Gasteiger partial charge in [0, 0.05) is 28.9 Å². The van der Waals surface area contributed by atoms with Crippen LogP contribution in [0.25, 0.3) is 16.8 Å². The van der Waals surface area contributed by atoms with E-state index in [0.29, 0.717) is 25.1 Å². The Balaban J connectivity index is 2.66. The summed E-state index contributed by atoms with van der Waals surface area (Å²) < 4.78 is 67.5. The zero-order valence-electron chi connectivity index (χ0n) is 16.5. The fourth-order valence-electron chi connectivity index (χ4n) is 2.79. The maximum Gasteiger partial charge on any atom is 0.416 e. The standard InChI is InChI=1S/C20H22F5N4OP/c1-2-6-29-18(30)17(28)16(27)14-5-3-4-13(15(14)26)10-7-11(19(21,22)23)9-12(8-10)20(24,25)31/h3-5,7-9H,2,6,26-28,31H2,1H3,(H,29,30)/b17-16+. The number of nitrogen functional groups attached to an aromatic ring is 1. The summed E-state index contributed by atoms with van der Waals surface area (Å²) in [4.78, 5) is 12.1. The number of amides is 1. The van der Waals surface area contributed by atoms with Crippen LogP contribution < -0.4 is 22.5 Å². The van der Waals surface area contributed by atoms with Crippen LogP contribution in [0.1, 0.15) is 30.0 Å². The van der Waals surface area contributed by atoms with E-state index in [-0.39, 0.29) is 33.8 Å². The normalized spacial score (nSPS) is 13.0. The molecule has 0 bridgehead atoms. The minimum Gasteiger partial charge on any atom is -0.398 e. The molecule has 2 aromatic carbocycles. The van der Waals surface area contributed by atoms with E-state index in [1.54, 1.807) is 0 Å². The van der Waals surface area contributed by atoms with Crippen molar-refractivity contribution in [3.63, 3.8) is 0 Å². The van der Waals surface area contributed by atoms with E-state index in [9.17, 15) is 26.7 Å². The number of hydrogen-bond donors (Lipinski definition) is 4. The summed E-state index contributed by atoms with van der Waals surface area (Å²) >= 11 is 0. The summed E-state index contributed by atoms with van der Waals surface area (Å²) in [5.41, 5.74) is 11.5. The Kier molecular flexibility index (Phi) is 7.16. The van der Waals surface area contributed by atoms with Gasteiger partial charge >= 0.3 is 6.18 Å². The van der Waals surface area contributed by atoms with Crippen LogP contribution in [0, 0.1) is 0 Å². The number of carbonyl (C=O) groups is 1. The molecule has 2 aromatic rings. The van der Waals surface area contributed by atoms with Crippen molar-refractivity contribution in [3.05, 3.63) is 58.8 Å². The third-order valence-electron chi connectivity index (χ3n) is 4.42. The van der Waals surface area contributed by atoms with E-state index in [1.165, 1.54) is 27.4 Å². The summed E-state index contributed by atoms with van der Waals surface area (Å²) in [6.07, 6.45) is -4.19. The minimum atomic E-state index is -4.85. The van der Waals surface area contributed by atoms with Crippen LogP contribution >= 0.6 is 9.24 Å².